The van der Waals surface area contributed by atoms with Crippen LogP contribution in [0.5, 0.6) is 11.5 Å². The number of ether oxygens (including phenoxy) is 1. The van der Waals surface area contributed by atoms with E-state index in [1.807, 2.05) is 50.2 Å². The van der Waals surface area contributed by atoms with Crippen LogP contribution in [-0.4, -0.2) is 11.8 Å². The fourth-order valence-electron chi connectivity index (χ4n) is 5.45. The van der Waals surface area contributed by atoms with E-state index in [2.05, 4.69) is 6.07 Å². The number of hydrogen-bond donors (Lipinski definition) is 0. The minimum absolute atomic E-state index is 0.000164. The highest BCUT2D eigenvalue weighted by atomic mass is 16.5. The van der Waals surface area contributed by atoms with Gasteiger partial charge < -0.3 is 4.74 Å². The van der Waals surface area contributed by atoms with Crippen LogP contribution in [0.4, 0.5) is 5.69 Å². The monoisotopic (exact) mass is 361 g/mol. The molecule has 138 valence electrons. The van der Waals surface area contributed by atoms with Crippen LogP contribution in [-0.2, 0) is 9.59 Å². The summed E-state index contributed by atoms with van der Waals surface area (Å²) in [5.41, 5.74) is 2.96. The van der Waals surface area contributed by atoms with Gasteiger partial charge in [-0.15, -0.1) is 0 Å². The number of rotatable bonds is 3. The average molecular weight is 361 g/mol. The number of carbonyl (C=O) groups excluding carboxylic acids is 2. The molecule has 2 bridgehead atoms. The zero-order valence-electron chi connectivity index (χ0n) is 15.6. The third-order valence-corrected chi connectivity index (χ3v) is 6.45. The lowest BCUT2D eigenvalue weighted by molar-refractivity contribution is -0.123. The van der Waals surface area contributed by atoms with Gasteiger partial charge in [-0.05, 0) is 92.5 Å². The smallest absolute Gasteiger partial charge is 0.237 e. The minimum Gasteiger partial charge on any atom is -0.457 e. The molecule has 4 nitrogen and oxygen atoms in total. The zero-order valence-corrected chi connectivity index (χ0v) is 15.6. The molecular weight excluding hydrogens is 338 g/mol. The molecule has 4 heteroatoms. The van der Waals surface area contributed by atoms with Crippen LogP contribution in [0.25, 0.3) is 0 Å². The van der Waals surface area contributed by atoms with Crippen molar-refractivity contribution >= 4 is 17.5 Å². The van der Waals surface area contributed by atoms with Crippen LogP contribution >= 0.6 is 0 Å². The van der Waals surface area contributed by atoms with E-state index in [0.29, 0.717) is 23.3 Å². The van der Waals surface area contributed by atoms with Gasteiger partial charge in [-0.1, -0.05) is 6.07 Å². The molecule has 0 N–H and O–H groups in total. The molecule has 5 rings (SSSR count). The molecule has 3 aliphatic rings. The summed E-state index contributed by atoms with van der Waals surface area (Å²) >= 11 is 0. The Labute approximate surface area is 159 Å². The molecule has 27 heavy (non-hydrogen) atoms. The summed E-state index contributed by atoms with van der Waals surface area (Å²) in [7, 11) is 0. The Balaban J connectivity index is 1.38. The van der Waals surface area contributed by atoms with E-state index < -0.39 is 0 Å². The largest absolute Gasteiger partial charge is 0.457 e. The fraction of sp³-hybridized carbons (Fsp3) is 0.391. The maximum atomic E-state index is 12.9. The van der Waals surface area contributed by atoms with E-state index in [1.165, 1.54) is 4.90 Å². The van der Waals surface area contributed by atoms with Gasteiger partial charge >= 0.3 is 0 Å². The first-order chi connectivity index (χ1) is 13.0. The molecule has 2 aromatic carbocycles. The van der Waals surface area contributed by atoms with Gasteiger partial charge in [0.25, 0.3) is 0 Å². The molecule has 2 saturated carbocycles. The highest BCUT2D eigenvalue weighted by molar-refractivity contribution is 6.22. The number of carbonyl (C=O) groups is 2. The molecule has 1 heterocycles. The molecule has 4 atom stereocenters. The van der Waals surface area contributed by atoms with Crippen LogP contribution in [0, 0.1) is 37.5 Å². The number of anilines is 1. The summed E-state index contributed by atoms with van der Waals surface area (Å²) in [6, 6.07) is 13.4. The normalized spacial score (nSPS) is 28.7. The fourth-order valence-corrected chi connectivity index (χ4v) is 5.45. The van der Waals surface area contributed by atoms with Gasteiger partial charge in [-0.3, -0.25) is 14.5 Å². The third-order valence-electron chi connectivity index (χ3n) is 6.45. The van der Waals surface area contributed by atoms with Gasteiger partial charge in [0.2, 0.25) is 11.8 Å². The van der Waals surface area contributed by atoms with Crippen LogP contribution < -0.4 is 9.64 Å². The number of benzene rings is 2. The van der Waals surface area contributed by atoms with Crippen molar-refractivity contribution in [3.8, 4) is 11.5 Å². The third kappa shape index (κ3) is 2.58. The summed E-state index contributed by atoms with van der Waals surface area (Å²) < 4.78 is 5.94. The van der Waals surface area contributed by atoms with Gasteiger partial charge in [0, 0.05) is 0 Å². The van der Waals surface area contributed by atoms with Gasteiger partial charge in [0.1, 0.15) is 11.5 Å². The van der Waals surface area contributed by atoms with Gasteiger partial charge in [0.15, 0.2) is 0 Å². The molecule has 2 amide bonds. The molecule has 1 aliphatic heterocycles. The summed E-state index contributed by atoms with van der Waals surface area (Å²) in [6.45, 7) is 4.08. The van der Waals surface area contributed by atoms with Crippen LogP contribution in [0.1, 0.15) is 30.4 Å². The topological polar surface area (TPSA) is 46.6 Å². The quantitative estimate of drug-likeness (QED) is 0.749. The van der Waals surface area contributed by atoms with Crippen molar-refractivity contribution in [2.24, 2.45) is 23.7 Å². The van der Waals surface area contributed by atoms with Crippen LogP contribution in [0.15, 0.2) is 42.5 Å². The van der Waals surface area contributed by atoms with Gasteiger partial charge in [0.05, 0.1) is 17.5 Å². The van der Waals surface area contributed by atoms with Crippen molar-refractivity contribution in [1.82, 2.24) is 0 Å². The minimum atomic E-state index is -0.0811. The Morgan fingerprint density at radius 1 is 0.815 bits per heavy atom. The standard InChI is InChI=1S/C23H23NO3/c1-13-9-14(2)11-19(10-13)27-18-7-5-17(6-8-18)24-22(25)20-15-3-4-16(12-15)21(20)23(24)26/h5-11,15-16,20-21H,3-4,12H2,1-2H3/t15-,16-,20-,21+/m0/s1. The van der Waals surface area contributed by atoms with Crippen LogP contribution in [0.3, 0.4) is 0 Å². The molecule has 2 aliphatic carbocycles. The number of aryl methyl sites for hydroxylation is 2. The lowest BCUT2D eigenvalue weighted by atomic mass is 9.81. The molecule has 0 spiro atoms. The second-order valence-corrected chi connectivity index (χ2v) is 8.32. The van der Waals surface area contributed by atoms with E-state index >= 15 is 0 Å². The second-order valence-electron chi connectivity index (χ2n) is 8.32. The molecule has 3 fully saturated rings. The predicted octanol–water partition coefficient (Wildman–Crippen LogP) is 4.63. The number of imide groups is 1. The summed E-state index contributed by atoms with van der Waals surface area (Å²) in [5.74, 6) is 2.15. The lowest BCUT2D eigenvalue weighted by Gasteiger charge is -2.19. The average Bonchev–Trinajstić information content (AvgIpc) is 3.29. The maximum Gasteiger partial charge on any atom is 0.237 e. The Morgan fingerprint density at radius 3 is 1.93 bits per heavy atom. The van der Waals surface area contributed by atoms with E-state index in [-0.39, 0.29) is 23.7 Å². The number of hydrogen-bond acceptors (Lipinski definition) is 3. The predicted molar refractivity (Wildman–Crippen MR) is 103 cm³/mol. The summed E-state index contributed by atoms with van der Waals surface area (Å²) in [4.78, 5) is 27.2. The van der Waals surface area contributed by atoms with Crippen molar-refractivity contribution in [3.05, 3.63) is 53.6 Å². The van der Waals surface area contributed by atoms with Crippen molar-refractivity contribution in [3.63, 3.8) is 0 Å². The first kappa shape index (κ1) is 16.5. The zero-order chi connectivity index (χ0) is 18.7. The van der Waals surface area contributed by atoms with Crippen molar-refractivity contribution in [2.75, 3.05) is 4.90 Å². The SMILES string of the molecule is Cc1cc(C)cc(Oc2ccc(N3C(=O)[C@@H]4[C@H]5CC[C@@H](C5)[C@@H]4C3=O)cc2)c1. The van der Waals surface area contributed by atoms with Crippen molar-refractivity contribution in [1.29, 1.82) is 0 Å². The number of nitrogens with zero attached hydrogens (tertiary/aromatic N) is 1. The Morgan fingerprint density at radius 2 is 1.37 bits per heavy atom. The molecule has 1 saturated heterocycles. The maximum absolute atomic E-state index is 12.9. The Hall–Kier alpha value is -2.62. The highest BCUT2D eigenvalue weighted by Crippen LogP contribution is 2.56. The highest BCUT2D eigenvalue weighted by Gasteiger charge is 2.61. The molecule has 0 aromatic heterocycles. The molecule has 2 aromatic rings. The van der Waals surface area contributed by atoms with E-state index in [9.17, 15) is 9.59 Å². The number of fused-ring (bicyclic) bond motifs is 5. The van der Waals surface area contributed by atoms with E-state index in [0.717, 1.165) is 36.1 Å². The second kappa shape index (κ2) is 5.95. The van der Waals surface area contributed by atoms with Gasteiger partial charge in [-0.2, -0.15) is 0 Å². The summed E-state index contributed by atoms with van der Waals surface area (Å²) in [5, 5.41) is 0. The van der Waals surface area contributed by atoms with Gasteiger partial charge in [-0.25, -0.2) is 0 Å². The first-order valence-corrected chi connectivity index (χ1v) is 9.75. The first-order valence-electron chi connectivity index (χ1n) is 9.75. The molecule has 0 radical (unpaired) electrons. The lowest BCUT2D eigenvalue weighted by Crippen LogP contribution is -2.32. The van der Waals surface area contributed by atoms with E-state index in [1.54, 1.807) is 0 Å². The van der Waals surface area contributed by atoms with E-state index in [4.69, 9.17) is 4.74 Å². The Kier molecular flexibility index (Phi) is 3.64. The van der Waals surface area contributed by atoms with Crippen molar-refractivity contribution in [2.45, 2.75) is 33.1 Å². The molecule has 0 unspecified atom stereocenters. The Bertz CT molecular complexity index is 885. The summed E-state index contributed by atoms with van der Waals surface area (Å²) in [6.07, 6.45) is 3.26. The van der Waals surface area contributed by atoms with Crippen molar-refractivity contribution < 1.29 is 14.3 Å². The molecular formula is C23H23NO3. The number of amides is 2. The van der Waals surface area contributed by atoms with Crippen LogP contribution in [0.2, 0.25) is 0 Å².